The van der Waals surface area contributed by atoms with Gasteiger partial charge in [0, 0.05) is 12.1 Å². The minimum atomic E-state index is -0.924. The van der Waals surface area contributed by atoms with E-state index in [0.717, 1.165) is 5.56 Å². The first-order valence-electron chi connectivity index (χ1n) is 12.0. The molecule has 0 bridgehead atoms. The van der Waals surface area contributed by atoms with Crippen LogP contribution in [0.15, 0.2) is 48.5 Å². The fraction of sp³-hybridized carbons (Fsp3) is 0.385. The third kappa shape index (κ3) is 6.39. The predicted octanol–water partition coefficient (Wildman–Crippen LogP) is 2.01. The van der Waals surface area contributed by atoms with Crippen LogP contribution in [-0.2, 0) is 30.5 Å². The monoisotopic (exact) mass is 528 g/mol. The number of halogens is 1. The van der Waals surface area contributed by atoms with Crippen LogP contribution >= 0.6 is 11.6 Å². The van der Waals surface area contributed by atoms with E-state index >= 15 is 0 Å². The first kappa shape index (κ1) is 26.4. The molecule has 37 heavy (non-hydrogen) atoms. The fourth-order valence-electron chi connectivity index (χ4n) is 4.40. The molecule has 4 rings (SSSR count). The fourth-order valence-corrected chi connectivity index (χ4v) is 4.58. The lowest BCUT2D eigenvalue weighted by Crippen LogP contribution is -2.54. The van der Waals surface area contributed by atoms with Crippen LogP contribution in [0, 0.1) is 0 Å². The van der Waals surface area contributed by atoms with Gasteiger partial charge in [0.2, 0.25) is 18.1 Å². The maximum atomic E-state index is 13.1. The van der Waals surface area contributed by atoms with Gasteiger partial charge in [-0.15, -0.1) is 0 Å². The van der Waals surface area contributed by atoms with Crippen molar-refractivity contribution in [1.82, 2.24) is 15.5 Å². The molecule has 2 unspecified atom stereocenters. The van der Waals surface area contributed by atoms with Gasteiger partial charge in [0.1, 0.15) is 18.1 Å². The quantitative estimate of drug-likeness (QED) is 0.351. The topological polar surface area (TPSA) is 140 Å². The summed E-state index contributed by atoms with van der Waals surface area (Å²) in [5, 5.41) is 5.71. The number of amides is 3. The summed E-state index contributed by atoms with van der Waals surface area (Å²) in [6.45, 7) is 2.15. The van der Waals surface area contributed by atoms with Crippen molar-refractivity contribution in [2.75, 3.05) is 12.3 Å². The number of rotatable bonds is 8. The predicted molar refractivity (Wildman–Crippen MR) is 135 cm³/mol. The first-order valence-corrected chi connectivity index (χ1v) is 12.4. The molecule has 4 atom stereocenters. The van der Waals surface area contributed by atoms with Crippen molar-refractivity contribution in [1.29, 1.82) is 0 Å². The number of nitrogens with two attached hydrogens (primary N) is 1. The molecular weight excluding hydrogens is 500 g/mol. The van der Waals surface area contributed by atoms with Gasteiger partial charge in [-0.3, -0.25) is 19.2 Å². The molecule has 11 heteroatoms. The second-order valence-corrected chi connectivity index (χ2v) is 9.50. The van der Waals surface area contributed by atoms with Gasteiger partial charge >= 0.3 is 5.97 Å². The number of benzene rings is 2. The van der Waals surface area contributed by atoms with Crippen molar-refractivity contribution < 1.29 is 28.7 Å². The molecule has 0 aliphatic carbocycles. The highest BCUT2D eigenvalue weighted by Crippen LogP contribution is 2.23. The van der Waals surface area contributed by atoms with E-state index in [1.807, 2.05) is 30.3 Å². The second kappa shape index (κ2) is 11.6. The molecule has 2 aromatic rings. The molecule has 2 saturated heterocycles. The number of cyclic esters (lactones) is 1. The molecule has 0 radical (unpaired) electrons. The third-order valence-electron chi connectivity index (χ3n) is 6.37. The van der Waals surface area contributed by atoms with E-state index in [4.69, 9.17) is 26.8 Å². The highest BCUT2D eigenvalue weighted by atomic mass is 35.5. The Morgan fingerprint density at radius 3 is 2.70 bits per heavy atom. The van der Waals surface area contributed by atoms with Crippen molar-refractivity contribution in [2.45, 2.75) is 57.2 Å². The summed E-state index contributed by atoms with van der Waals surface area (Å²) in [4.78, 5) is 52.3. The Morgan fingerprint density at radius 1 is 1.22 bits per heavy atom. The Bertz CT molecular complexity index is 1180. The number of ether oxygens (including phenoxy) is 2. The smallest absolute Gasteiger partial charge is 0.310 e. The summed E-state index contributed by atoms with van der Waals surface area (Å²) in [7, 11) is 0. The molecule has 2 aromatic carbocycles. The number of nitrogens with one attached hydrogen (secondary N) is 2. The van der Waals surface area contributed by atoms with Gasteiger partial charge in [0.15, 0.2) is 0 Å². The van der Waals surface area contributed by atoms with Gasteiger partial charge in [-0.2, -0.15) is 0 Å². The number of carbonyl (C=O) groups excluding carboxylic acids is 4. The van der Waals surface area contributed by atoms with Crippen LogP contribution < -0.4 is 16.4 Å². The second-order valence-electron chi connectivity index (χ2n) is 9.10. The van der Waals surface area contributed by atoms with Crippen molar-refractivity contribution in [3.05, 3.63) is 64.7 Å². The van der Waals surface area contributed by atoms with Gasteiger partial charge in [-0.05, 0) is 43.5 Å². The number of nitrogens with zero attached hydrogens (tertiary/aromatic N) is 1. The maximum Gasteiger partial charge on any atom is 0.310 e. The number of likely N-dealkylation sites (tertiary alicyclic amines) is 1. The number of nitrogen functional groups attached to an aromatic ring is 1. The Kier molecular flexibility index (Phi) is 8.30. The average molecular weight is 529 g/mol. The molecule has 2 heterocycles. The summed E-state index contributed by atoms with van der Waals surface area (Å²) < 4.78 is 11.0. The molecule has 0 saturated carbocycles. The molecule has 4 N–H and O–H groups in total. The van der Waals surface area contributed by atoms with Crippen molar-refractivity contribution in [3.63, 3.8) is 0 Å². The number of hydrogen-bond donors (Lipinski definition) is 3. The lowest BCUT2D eigenvalue weighted by atomic mass is 10.1. The summed E-state index contributed by atoms with van der Waals surface area (Å²) in [6.07, 6.45) is 0.143. The van der Waals surface area contributed by atoms with Crippen LogP contribution in [0.3, 0.4) is 0 Å². The minimum absolute atomic E-state index is 0.0253. The molecule has 0 aromatic heterocycles. The highest BCUT2D eigenvalue weighted by Gasteiger charge is 2.41. The zero-order chi connectivity index (χ0) is 26.5. The van der Waals surface area contributed by atoms with Crippen molar-refractivity contribution in [2.24, 2.45) is 0 Å². The largest absolute Gasteiger partial charge is 0.433 e. The van der Waals surface area contributed by atoms with E-state index in [2.05, 4.69) is 10.6 Å². The minimum Gasteiger partial charge on any atom is -0.433 e. The SMILES string of the molecule is C[C@H](NC(=O)c1ccc(N)c(Cl)c1)C(=O)N1CCCC1C(=O)N[C@H]1CC(=O)OC1OCc1ccccc1. The Balaban J connectivity index is 1.34. The summed E-state index contributed by atoms with van der Waals surface area (Å²) in [5.41, 5.74) is 7.20. The van der Waals surface area contributed by atoms with Crippen LogP contribution in [0.1, 0.15) is 42.1 Å². The van der Waals surface area contributed by atoms with Crippen LogP contribution in [0.2, 0.25) is 5.02 Å². The summed E-state index contributed by atoms with van der Waals surface area (Å²) in [6, 6.07) is 11.6. The van der Waals surface area contributed by atoms with Crippen LogP contribution in [0.5, 0.6) is 0 Å². The number of hydrogen-bond acceptors (Lipinski definition) is 7. The standard InChI is InChI=1S/C26H29ClN4O6/c1-15(29-23(33)17-9-10-19(28)18(27)12-17)25(35)31-11-5-8-21(31)24(34)30-20-13-22(32)37-26(20)36-14-16-6-3-2-4-7-16/h2-4,6-7,9-10,12,15,20-21,26H,5,8,11,13-14,28H2,1H3,(H,29,33)(H,30,34)/t15-,20-,21?,26?/m0/s1. The lowest BCUT2D eigenvalue weighted by Gasteiger charge is -2.28. The van der Waals surface area contributed by atoms with Crippen LogP contribution in [0.25, 0.3) is 0 Å². The lowest BCUT2D eigenvalue weighted by molar-refractivity contribution is -0.168. The van der Waals surface area contributed by atoms with Gasteiger partial charge in [0.05, 0.1) is 23.7 Å². The number of anilines is 1. The van der Waals surface area contributed by atoms with E-state index in [-0.39, 0.29) is 29.5 Å². The Hall–Kier alpha value is -3.63. The normalized spacial score (nSPS) is 21.8. The molecule has 0 spiro atoms. The van der Waals surface area contributed by atoms with Gasteiger partial charge < -0.3 is 30.7 Å². The molecule has 10 nitrogen and oxygen atoms in total. The van der Waals surface area contributed by atoms with E-state index < -0.39 is 42.2 Å². The van der Waals surface area contributed by atoms with Gasteiger partial charge in [0.25, 0.3) is 5.91 Å². The first-order chi connectivity index (χ1) is 17.7. The zero-order valence-corrected chi connectivity index (χ0v) is 21.1. The van der Waals surface area contributed by atoms with Crippen molar-refractivity contribution >= 4 is 41.0 Å². The summed E-state index contributed by atoms with van der Waals surface area (Å²) >= 11 is 5.99. The average Bonchev–Trinajstić information content (AvgIpc) is 3.51. The van der Waals surface area contributed by atoms with Crippen LogP contribution in [0.4, 0.5) is 5.69 Å². The summed E-state index contributed by atoms with van der Waals surface area (Å²) in [5.74, 6) is -1.74. The molecule has 196 valence electrons. The highest BCUT2D eigenvalue weighted by molar-refractivity contribution is 6.33. The third-order valence-corrected chi connectivity index (χ3v) is 6.69. The molecule has 2 aliphatic heterocycles. The molecule has 3 amide bonds. The maximum absolute atomic E-state index is 13.1. The van der Waals surface area contributed by atoms with E-state index in [1.54, 1.807) is 6.92 Å². The molecule has 2 fully saturated rings. The molecular formula is C26H29ClN4O6. The van der Waals surface area contributed by atoms with E-state index in [0.29, 0.717) is 25.1 Å². The van der Waals surface area contributed by atoms with E-state index in [9.17, 15) is 19.2 Å². The number of esters is 1. The Morgan fingerprint density at radius 2 is 1.97 bits per heavy atom. The van der Waals surface area contributed by atoms with E-state index in [1.165, 1.54) is 23.1 Å². The Labute approximate surface area is 219 Å². The van der Waals surface area contributed by atoms with Gasteiger partial charge in [-0.1, -0.05) is 41.9 Å². The zero-order valence-electron chi connectivity index (χ0n) is 20.3. The van der Waals surface area contributed by atoms with Crippen LogP contribution in [-0.4, -0.2) is 59.6 Å². The van der Waals surface area contributed by atoms with Crippen molar-refractivity contribution in [3.8, 4) is 0 Å². The number of carbonyl (C=O) groups is 4. The van der Waals surface area contributed by atoms with Gasteiger partial charge in [-0.25, -0.2) is 0 Å². The molecule has 2 aliphatic rings.